The van der Waals surface area contributed by atoms with Crippen LogP contribution in [0.1, 0.15) is 69.5 Å². The second-order valence-electron chi connectivity index (χ2n) is 7.84. The Kier molecular flexibility index (Phi) is 4.41. The zero-order valence-corrected chi connectivity index (χ0v) is 14.1. The zero-order valence-electron chi connectivity index (χ0n) is 14.1. The highest BCUT2D eigenvalue weighted by atomic mass is 16.2. The normalized spacial score (nSPS) is 26.4. The van der Waals surface area contributed by atoms with Crippen LogP contribution in [0.2, 0.25) is 0 Å². The van der Waals surface area contributed by atoms with Gasteiger partial charge in [-0.1, -0.05) is 19.3 Å². The predicted molar refractivity (Wildman–Crippen MR) is 90.1 cm³/mol. The third-order valence-corrected chi connectivity index (χ3v) is 5.95. The SMILES string of the molecule is O=C(C1CCCCC1)N1CCC[C@@H](c2nccn2CC2CC2)C1. The molecule has 1 aliphatic heterocycles. The highest BCUT2D eigenvalue weighted by Gasteiger charge is 2.32. The first-order valence-electron chi connectivity index (χ1n) is 9.61. The second kappa shape index (κ2) is 6.66. The number of rotatable bonds is 4. The number of nitrogens with zero attached hydrogens (tertiary/aromatic N) is 3. The summed E-state index contributed by atoms with van der Waals surface area (Å²) in [4.78, 5) is 19.6. The van der Waals surface area contributed by atoms with E-state index < -0.39 is 0 Å². The molecule has 0 radical (unpaired) electrons. The molecule has 3 aliphatic rings. The number of imidazole rings is 1. The van der Waals surface area contributed by atoms with Crippen molar-refractivity contribution in [2.24, 2.45) is 11.8 Å². The van der Waals surface area contributed by atoms with Crippen molar-refractivity contribution in [3.05, 3.63) is 18.2 Å². The van der Waals surface area contributed by atoms with Crippen molar-refractivity contribution in [2.45, 2.75) is 70.3 Å². The molecule has 2 saturated carbocycles. The summed E-state index contributed by atoms with van der Waals surface area (Å²) >= 11 is 0. The molecule has 4 heteroatoms. The third kappa shape index (κ3) is 3.46. The van der Waals surface area contributed by atoms with Crippen molar-refractivity contribution in [3.8, 4) is 0 Å². The molecule has 0 aromatic carbocycles. The van der Waals surface area contributed by atoms with E-state index in [1.165, 1.54) is 44.3 Å². The van der Waals surface area contributed by atoms with Gasteiger partial charge in [-0.05, 0) is 44.4 Å². The minimum atomic E-state index is 0.300. The van der Waals surface area contributed by atoms with E-state index in [9.17, 15) is 4.79 Å². The summed E-state index contributed by atoms with van der Waals surface area (Å²) < 4.78 is 2.36. The van der Waals surface area contributed by atoms with Gasteiger partial charge >= 0.3 is 0 Å². The van der Waals surface area contributed by atoms with Crippen LogP contribution in [-0.4, -0.2) is 33.4 Å². The van der Waals surface area contributed by atoms with Crippen molar-refractivity contribution in [1.29, 1.82) is 0 Å². The van der Waals surface area contributed by atoms with E-state index in [2.05, 4.69) is 20.6 Å². The minimum Gasteiger partial charge on any atom is -0.342 e. The topological polar surface area (TPSA) is 38.1 Å². The van der Waals surface area contributed by atoms with Gasteiger partial charge in [-0.25, -0.2) is 4.98 Å². The Morgan fingerprint density at radius 1 is 1.09 bits per heavy atom. The van der Waals surface area contributed by atoms with Crippen LogP contribution in [0.3, 0.4) is 0 Å². The van der Waals surface area contributed by atoms with E-state index in [0.717, 1.165) is 44.8 Å². The zero-order chi connectivity index (χ0) is 15.6. The number of likely N-dealkylation sites (tertiary alicyclic amines) is 1. The van der Waals surface area contributed by atoms with Crippen molar-refractivity contribution in [3.63, 3.8) is 0 Å². The Labute approximate surface area is 139 Å². The van der Waals surface area contributed by atoms with E-state index in [1.54, 1.807) is 0 Å². The highest BCUT2D eigenvalue weighted by molar-refractivity contribution is 5.79. The van der Waals surface area contributed by atoms with E-state index >= 15 is 0 Å². The van der Waals surface area contributed by atoms with E-state index in [4.69, 9.17) is 0 Å². The number of amides is 1. The number of piperidine rings is 1. The van der Waals surface area contributed by atoms with Crippen molar-refractivity contribution >= 4 is 5.91 Å². The fraction of sp³-hybridized carbons (Fsp3) is 0.789. The van der Waals surface area contributed by atoms with Gasteiger partial charge in [0, 0.05) is 43.9 Å². The first-order chi connectivity index (χ1) is 11.3. The molecule has 4 nitrogen and oxygen atoms in total. The number of hydrogen-bond donors (Lipinski definition) is 0. The summed E-state index contributed by atoms with van der Waals surface area (Å²) in [7, 11) is 0. The summed E-state index contributed by atoms with van der Waals surface area (Å²) in [5.74, 6) is 3.25. The van der Waals surface area contributed by atoms with E-state index in [-0.39, 0.29) is 0 Å². The van der Waals surface area contributed by atoms with E-state index in [0.29, 0.717) is 17.7 Å². The Bertz CT molecular complexity index is 543. The number of carbonyl (C=O) groups excluding carboxylic acids is 1. The monoisotopic (exact) mass is 315 g/mol. The average Bonchev–Trinajstić information content (AvgIpc) is 3.30. The van der Waals surface area contributed by atoms with Gasteiger partial charge in [0.15, 0.2) is 0 Å². The smallest absolute Gasteiger partial charge is 0.225 e. The number of carbonyl (C=O) groups is 1. The molecule has 1 aromatic heterocycles. The molecule has 0 unspecified atom stereocenters. The molecule has 4 rings (SSSR count). The van der Waals surface area contributed by atoms with Crippen molar-refractivity contribution < 1.29 is 4.79 Å². The highest BCUT2D eigenvalue weighted by Crippen LogP contribution is 2.34. The fourth-order valence-corrected chi connectivity index (χ4v) is 4.41. The van der Waals surface area contributed by atoms with Crippen LogP contribution in [0.5, 0.6) is 0 Å². The fourth-order valence-electron chi connectivity index (χ4n) is 4.41. The van der Waals surface area contributed by atoms with Crippen LogP contribution in [-0.2, 0) is 11.3 Å². The molecule has 1 saturated heterocycles. The first kappa shape index (κ1) is 15.2. The van der Waals surface area contributed by atoms with Gasteiger partial charge in [0.1, 0.15) is 5.82 Å². The van der Waals surface area contributed by atoms with Gasteiger partial charge in [-0.3, -0.25) is 4.79 Å². The van der Waals surface area contributed by atoms with Crippen LogP contribution in [0, 0.1) is 11.8 Å². The Hall–Kier alpha value is -1.32. The van der Waals surface area contributed by atoms with Crippen molar-refractivity contribution in [2.75, 3.05) is 13.1 Å². The lowest BCUT2D eigenvalue weighted by Gasteiger charge is -2.35. The van der Waals surface area contributed by atoms with Gasteiger partial charge in [0.25, 0.3) is 0 Å². The second-order valence-corrected chi connectivity index (χ2v) is 7.84. The van der Waals surface area contributed by atoms with Gasteiger partial charge in [-0.15, -0.1) is 0 Å². The molecule has 1 aromatic rings. The summed E-state index contributed by atoms with van der Waals surface area (Å²) in [6, 6.07) is 0. The van der Waals surface area contributed by atoms with Crippen LogP contribution in [0.25, 0.3) is 0 Å². The first-order valence-corrected chi connectivity index (χ1v) is 9.61. The van der Waals surface area contributed by atoms with Crippen LogP contribution < -0.4 is 0 Å². The molecule has 0 bridgehead atoms. The maximum atomic E-state index is 12.8. The average molecular weight is 315 g/mol. The minimum absolute atomic E-state index is 0.300. The van der Waals surface area contributed by atoms with E-state index in [1.807, 2.05) is 6.20 Å². The molecule has 23 heavy (non-hydrogen) atoms. The van der Waals surface area contributed by atoms with Gasteiger partial charge in [0.05, 0.1) is 0 Å². The molecule has 1 amide bonds. The number of hydrogen-bond acceptors (Lipinski definition) is 2. The quantitative estimate of drug-likeness (QED) is 0.852. The summed E-state index contributed by atoms with van der Waals surface area (Å²) in [6.45, 7) is 2.97. The summed E-state index contributed by atoms with van der Waals surface area (Å²) in [6.07, 6.45) is 15.1. The Balaban J connectivity index is 1.42. The lowest BCUT2D eigenvalue weighted by Crippen LogP contribution is -2.43. The molecule has 126 valence electrons. The molecule has 2 aliphatic carbocycles. The standard InChI is InChI=1S/C19H29N3O/c23-19(16-5-2-1-3-6-16)22-11-4-7-17(14-22)18-20-10-12-21(18)13-15-8-9-15/h10,12,15-17H,1-9,11,13-14H2/t17-/m1/s1. The lowest BCUT2D eigenvalue weighted by atomic mass is 9.87. The Morgan fingerprint density at radius 2 is 1.91 bits per heavy atom. The van der Waals surface area contributed by atoms with Gasteiger partial charge in [-0.2, -0.15) is 0 Å². The Morgan fingerprint density at radius 3 is 2.70 bits per heavy atom. The molecule has 0 spiro atoms. The molecular weight excluding hydrogens is 286 g/mol. The molecule has 2 heterocycles. The largest absolute Gasteiger partial charge is 0.342 e. The maximum absolute atomic E-state index is 12.8. The van der Waals surface area contributed by atoms with Gasteiger partial charge < -0.3 is 9.47 Å². The molecule has 3 fully saturated rings. The predicted octanol–water partition coefficient (Wildman–Crippen LogP) is 3.58. The van der Waals surface area contributed by atoms with Crippen LogP contribution >= 0.6 is 0 Å². The molecule has 1 atom stereocenters. The summed E-state index contributed by atoms with van der Waals surface area (Å²) in [5, 5.41) is 0. The van der Waals surface area contributed by atoms with Crippen molar-refractivity contribution in [1.82, 2.24) is 14.5 Å². The molecular formula is C19H29N3O. The third-order valence-electron chi connectivity index (χ3n) is 5.95. The number of aromatic nitrogens is 2. The maximum Gasteiger partial charge on any atom is 0.225 e. The van der Waals surface area contributed by atoms with Gasteiger partial charge in [0.2, 0.25) is 5.91 Å². The van der Waals surface area contributed by atoms with Crippen LogP contribution in [0.15, 0.2) is 12.4 Å². The van der Waals surface area contributed by atoms with Crippen LogP contribution in [0.4, 0.5) is 0 Å². The summed E-state index contributed by atoms with van der Waals surface area (Å²) in [5.41, 5.74) is 0. The molecule has 0 N–H and O–H groups in total. The lowest BCUT2D eigenvalue weighted by molar-refractivity contribution is -0.137.